The lowest BCUT2D eigenvalue weighted by atomic mass is 10.1. The highest BCUT2D eigenvalue weighted by Crippen LogP contribution is 2.15. The van der Waals surface area contributed by atoms with E-state index in [1.165, 1.54) is 30.1 Å². The van der Waals surface area contributed by atoms with Crippen LogP contribution in [-0.4, -0.2) is 44.2 Å². The predicted octanol–water partition coefficient (Wildman–Crippen LogP) is 2.01. The maximum atomic E-state index is 12.2. The van der Waals surface area contributed by atoms with Gasteiger partial charge in [0.25, 0.3) is 0 Å². The third-order valence-electron chi connectivity index (χ3n) is 4.74. The van der Waals surface area contributed by atoms with Gasteiger partial charge < -0.3 is 15.4 Å². The molecule has 10 nitrogen and oxygen atoms in total. The summed E-state index contributed by atoms with van der Waals surface area (Å²) < 4.78 is 32.3. The summed E-state index contributed by atoms with van der Waals surface area (Å²) in [5.41, 5.74) is 1.96. The SMILES string of the molecule is CNS(=O)(=O)c1ccc(CCC(=O)Nc2cnn(CC(=O)Nc3ccc(OC)cc3)c2)cc1. The zero-order chi connectivity index (χ0) is 23.8. The normalized spacial score (nSPS) is 11.1. The Hall–Kier alpha value is -3.70. The van der Waals surface area contributed by atoms with Gasteiger partial charge in [-0.1, -0.05) is 12.1 Å². The number of ether oxygens (including phenoxy) is 1. The molecule has 1 aromatic heterocycles. The number of hydrogen-bond donors (Lipinski definition) is 3. The van der Waals surface area contributed by atoms with Gasteiger partial charge in [0.2, 0.25) is 21.8 Å². The molecule has 0 unspecified atom stereocenters. The molecule has 11 heteroatoms. The molecule has 2 aromatic carbocycles. The van der Waals surface area contributed by atoms with E-state index in [0.717, 1.165) is 5.56 Å². The number of rotatable bonds is 10. The van der Waals surface area contributed by atoms with Crippen LogP contribution in [0.5, 0.6) is 5.75 Å². The molecule has 0 aliphatic heterocycles. The Bertz CT molecular complexity index is 1200. The number of methoxy groups -OCH3 is 1. The number of carbonyl (C=O) groups excluding carboxylic acids is 2. The lowest BCUT2D eigenvalue weighted by Gasteiger charge is -2.06. The number of aryl methyl sites for hydroxylation is 1. The Kier molecular flexibility index (Phi) is 7.80. The Morgan fingerprint density at radius 3 is 2.27 bits per heavy atom. The summed E-state index contributed by atoms with van der Waals surface area (Å²) >= 11 is 0. The lowest BCUT2D eigenvalue weighted by molar-refractivity contribution is -0.117. The summed E-state index contributed by atoms with van der Waals surface area (Å²) in [4.78, 5) is 24.6. The molecule has 1 heterocycles. The molecule has 0 aliphatic carbocycles. The van der Waals surface area contributed by atoms with Crippen LogP contribution in [0, 0.1) is 0 Å². The minimum Gasteiger partial charge on any atom is -0.497 e. The van der Waals surface area contributed by atoms with E-state index in [9.17, 15) is 18.0 Å². The zero-order valence-electron chi connectivity index (χ0n) is 18.2. The molecule has 0 atom stereocenters. The van der Waals surface area contributed by atoms with Crippen LogP contribution in [0.25, 0.3) is 0 Å². The molecule has 3 rings (SSSR count). The molecule has 0 saturated heterocycles. The first-order valence-electron chi connectivity index (χ1n) is 10.1. The average molecular weight is 472 g/mol. The van der Waals surface area contributed by atoms with Crippen LogP contribution in [0.15, 0.2) is 65.8 Å². The molecule has 3 N–H and O–H groups in total. The molecule has 0 saturated carbocycles. The van der Waals surface area contributed by atoms with E-state index < -0.39 is 10.0 Å². The number of amides is 2. The molecule has 0 spiro atoms. The monoisotopic (exact) mass is 471 g/mol. The number of benzene rings is 2. The maximum absolute atomic E-state index is 12.2. The van der Waals surface area contributed by atoms with E-state index >= 15 is 0 Å². The van der Waals surface area contributed by atoms with Crippen molar-refractivity contribution in [2.75, 3.05) is 24.8 Å². The van der Waals surface area contributed by atoms with Gasteiger partial charge >= 0.3 is 0 Å². The highest BCUT2D eigenvalue weighted by Gasteiger charge is 2.11. The van der Waals surface area contributed by atoms with Gasteiger partial charge in [-0.15, -0.1) is 0 Å². The van der Waals surface area contributed by atoms with E-state index in [0.29, 0.717) is 23.5 Å². The number of carbonyl (C=O) groups is 2. The quantitative estimate of drug-likeness (QED) is 0.415. The molecule has 2 amide bonds. The predicted molar refractivity (Wildman–Crippen MR) is 123 cm³/mol. The molecule has 33 heavy (non-hydrogen) atoms. The second-order valence-electron chi connectivity index (χ2n) is 7.10. The molecule has 3 aromatic rings. The Labute approximate surface area is 192 Å². The highest BCUT2D eigenvalue weighted by molar-refractivity contribution is 7.89. The second kappa shape index (κ2) is 10.7. The van der Waals surface area contributed by atoms with Crippen molar-refractivity contribution in [2.45, 2.75) is 24.3 Å². The maximum Gasteiger partial charge on any atom is 0.246 e. The van der Waals surface area contributed by atoms with Gasteiger partial charge in [-0.3, -0.25) is 14.3 Å². The summed E-state index contributed by atoms with van der Waals surface area (Å²) in [6.07, 6.45) is 3.70. The number of hydrogen-bond acceptors (Lipinski definition) is 6. The zero-order valence-corrected chi connectivity index (χ0v) is 19.1. The number of nitrogens with zero attached hydrogens (tertiary/aromatic N) is 2. The average Bonchev–Trinajstić information content (AvgIpc) is 3.24. The highest BCUT2D eigenvalue weighted by atomic mass is 32.2. The van der Waals surface area contributed by atoms with Crippen molar-refractivity contribution in [1.82, 2.24) is 14.5 Å². The molecular weight excluding hydrogens is 446 g/mol. The third-order valence-corrected chi connectivity index (χ3v) is 6.17. The summed E-state index contributed by atoms with van der Waals surface area (Å²) in [5.74, 6) is 0.216. The van der Waals surface area contributed by atoms with E-state index in [1.54, 1.807) is 49.7 Å². The number of sulfonamides is 1. The minimum absolute atomic E-state index is 0.0101. The van der Waals surface area contributed by atoms with Gasteiger partial charge in [0.05, 0.1) is 23.9 Å². The van der Waals surface area contributed by atoms with E-state index in [-0.39, 0.29) is 29.7 Å². The molecule has 0 aliphatic rings. The number of aromatic nitrogens is 2. The van der Waals surface area contributed by atoms with Crippen LogP contribution < -0.4 is 20.1 Å². The van der Waals surface area contributed by atoms with Crippen molar-refractivity contribution in [3.05, 3.63) is 66.5 Å². The van der Waals surface area contributed by atoms with Gasteiger partial charge in [0.1, 0.15) is 12.3 Å². The standard InChI is InChI=1S/C22H25N5O5S/c1-23-33(30,31)20-10-3-16(4-11-20)5-12-21(28)26-18-13-24-27(14-18)15-22(29)25-17-6-8-19(32-2)9-7-17/h3-4,6-11,13-14,23H,5,12,15H2,1-2H3,(H,25,29)(H,26,28). The van der Waals surface area contributed by atoms with E-state index in [4.69, 9.17) is 4.74 Å². The van der Waals surface area contributed by atoms with Crippen LogP contribution in [0.2, 0.25) is 0 Å². The summed E-state index contributed by atoms with van der Waals surface area (Å²) in [6.45, 7) is -0.0101. The molecule has 0 bridgehead atoms. The smallest absolute Gasteiger partial charge is 0.246 e. The van der Waals surface area contributed by atoms with Gasteiger partial charge in [-0.25, -0.2) is 13.1 Å². The fraction of sp³-hybridized carbons (Fsp3) is 0.227. The topological polar surface area (TPSA) is 131 Å². The first-order chi connectivity index (χ1) is 15.8. The van der Waals surface area contributed by atoms with Crippen LogP contribution in [0.3, 0.4) is 0 Å². The van der Waals surface area contributed by atoms with Gasteiger partial charge in [-0.2, -0.15) is 5.10 Å². The van der Waals surface area contributed by atoms with Crippen molar-refractivity contribution in [3.63, 3.8) is 0 Å². The van der Waals surface area contributed by atoms with E-state index in [2.05, 4.69) is 20.5 Å². The van der Waals surface area contributed by atoms with Crippen LogP contribution in [0.4, 0.5) is 11.4 Å². The van der Waals surface area contributed by atoms with E-state index in [1.807, 2.05) is 0 Å². The van der Waals surface area contributed by atoms with Gasteiger partial charge in [0.15, 0.2) is 0 Å². The van der Waals surface area contributed by atoms with Crippen LogP contribution >= 0.6 is 0 Å². The lowest BCUT2D eigenvalue weighted by Crippen LogP contribution is -2.19. The van der Waals surface area contributed by atoms with Crippen molar-refractivity contribution >= 4 is 33.2 Å². The Morgan fingerprint density at radius 2 is 1.64 bits per heavy atom. The van der Waals surface area contributed by atoms with Crippen molar-refractivity contribution in [3.8, 4) is 5.75 Å². The van der Waals surface area contributed by atoms with Gasteiger partial charge in [0, 0.05) is 18.3 Å². The summed E-state index contributed by atoms with van der Waals surface area (Å²) in [7, 11) is -0.568. The Balaban J connectivity index is 1.46. The fourth-order valence-electron chi connectivity index (χ4n) is 2.97. The third kappa shape index (κ3) is 6.89. The second-order valence-corrected chi connectivity index (χ2v) is 8.99. The van der Waals surface area contributed by atoms with Crippen molar-refractivity contribution in [2.24, 2.45) is 0 Å². The molecule has 0 radical (unpaired) electrons. The minimum atomic E-state index is -3.49. The Morgan fingerprint density at radius 1 is 0.970 bits per heavy atom. The fourth-order valence-corrected chi connectivity index (χ4v) is 3.70. The molecular formula is C22H25N5O5S. The van der Waals surface area contributed by atoms with Crippen LogP contribution in [0.1, 0.15) is 12.0 Å². The summed E-state index contributed by atoms with van der Waals surface area (Å²) in [6, 6.07) is 13.3. The largest absolute Gasteiger partial charge is 0.497 e. The molecule has 0 fully saturated rings. The summed E-state index contributed by atoms with van der Waals surface area (Å²) in [5, 5.41) is 9.60. The van der Waals surface area contributed by atoms with Crippen molar-refractivity contribution in [1.29, 1.82) is 0 Å². The number of nitrogens with one attached hydrogen (secondary N) is 3. The van der Waals surface area contributed by atoms with Gasteiger partial charge in [-0.05, 0) is 55.4 Å². The van der Waals surface area contributed by atoms with Crippen LogP contribution in [-0.2, 0) is 32.6 Å². The molecule has 174 valence electrons. The first-order valence-corrected chi connectivity index (χ1v) is 11.6. The van der Waals surface area contributed by atoms with Crippen molar-refractivity contribution < 1.29 is 22.7 Å². The number of anilines is 2. The first kappa shape index (κ1) is 24.0.